The molecule has 1 fully saturated rings. The highest BCUT2D eigenvalue weighted by Gasteiger charge is 2.22. The molecule has 1 aromatic carbocycles. The number of fused-ring (bicyclic) bond motifs is 1. The summed E-state index contributed by atoms with van der Waals surface area (Å²) in [6.07, 6.45) is 1.47. The number of benzene rings is 1. The zero-order valence-electron chi connectivity index (χ0n) is 9.69. The average Bonchev–Trinajstić information content (AvgIpc) is 2.65. The fraction of sp³-hybridized carbons (Fsp3) is 0.417. The summed E-state index contributed by atoms with van der Waals surface area (Å²) in [6.45, 7) is 0. The van der Waals surface area contributed by atoms with Gasteiger partial charge in [-0.05, 0) is 31.0 Å². The van der Waals surface area contributed by atoms with Gasteiger partial charge in [-0.3, -0.25) is 8.78 Å². The normalized spacial score (nSPS) is 24.5. The molecule has 0 radical (unpaired) electrons. The molecule has 4 nitrogen and oxygen atoms in total. The number of hydrogen-bond donors (Lipinski definition) is 1. The molecule has 0 atom stereocenters. The number of aromatic nitrogens is 2. The maximum atomic E-state index is 13.1. The summed E-state index contributed by atoms with van der Waals surface area (Å²) in [4.78, 5) is 14.6. The Kier molecular flexibility index (Phi) is 2.81. The Morgan fingerprint density at radius 3 is 2.78 bits per heavy atom. The van der Waals surface area contributed by atoms with Crippen molar-refractivity contribution in [2.24, 2.45) is 0 Å². The fourth-order valence-corrected chi connectivity index (χ4v) is 3.78. The first kappa shape index (κ1) is 11.6. The second-order valence-corrected chi connectivity index (χ2v) is 6.24. The maximum Gasteiger partial charge on any atom is 0.326 e. The molecule has 1 N–H and O–H groups in total. The molecule has 1 aliphatic rings. The molecule has 0 amide bonds. The van der Waals surface area contributed by atoms with Crippen LogP contribution in [0.1, 0.15) is 18.9 Å². The van der Waals surface area contributed by atoms with E-state index in [0.717, 1.165) is 18.4 Å². The van der Waals surface area contributed by atoms with E-state index in [0.29, 0.717) is 17.0 Å². The predicted octanol–water partition coefficient (Wildman–Crippen LogP) is 1.55. The van der Waals surface area contributed by atoms with Gasteiger partial charge >= 0.3 is 5.69 Å². The zero-order chi connectivity index (χ0) is 12.7. The molecule has 0 saturated carbocycles. The summed E-state index contributed by atoms with van der Waals surface area (Å²) < 4.78 is 26.1. The molecule has 0 spiro atoms. The zero-order valence-corrected chi connectivity index (χ0v) is 10.5. The van der Waals surface area contributed by atoms with Crippen molar-refractivity contribution in [2.75, 3.05) is 11.5 Å². The first-order chi connectivity index (χ1) is 8.65. The summed E-state index contributed by atoms with van der Waals surface area (Å²) in [5, 5.41) is 0. The van der Waals surface area contributed by atoms with E-state index < -0.39 is 10.8 Å². The number of hydrogen-bond acceptors (Lipinski definition) is 2. The molecular formula is C12H13FN2O2S. The lowest BCUT2D eigenvalue weighted by Gasteiger charge is -2.22. The van der Waals surface area contributed by atoms with E-state index in [1.165, 1.54) is 12.1 Å². The highest BCUT2D eigenvalue weighted by atomic mass is 32.2. The van der Waals surface area contributed by atoms with Crippen molar-refractivity contribution in [2.45, 2.75) is 18.9 Å². The summed E-state index contributed by atoms with van der Waals surface area (Å²) in [5.74, 6) is 0.899. The van der Waals surface area contributed by atoms with E-state index in [9.17, 15) is 13.4 Å². The number of imidazole rings is 1. The minimum Gasteiger partial charge on any atom is -0.305 e. The van der Waals surface area contributed by atoms with Crippen LogP contribution < -0.4 is 5.69 Å². The van der Waals surface area contributed by atoms with Crippen LogP contribution >= 0.6 is 0 Å². The molecule has 1 aromatic heterocycles. The SMILES string of the molecule is O=c1[nH]c2cc(F)ccc2n1C1CCS(=O)CC1. The van der Waals surface area contributed by atoms with Crippen LogP contribution in [0.25, 0.3) is 11.0 Å². The van der Waals surface area contributed by atoms with Crippen LogP contribution in [0.3, 0.4) is 0 Å². The Labute approximate surface area is 105 Å². The molecule has 96 valence electrons. The van der Waals surface area contributed by atoms with Crippen LogP contribution in [0, 0.1) is 5.82 Å². The molecular weight excluding hydrogens is 255 g/mol. The van der Waals surface area contributed by atoms with Crippen LogP contribution in [0.15, 0.2) is 23.0 Å². The number of aromatic amines is 1. The van der Waals surface area contributed by atoms with Crippen molar-refractivity contribution in [3.63, 3.8) is 0 Å². The van der Waals surface area contributed by atoms with Crippen LogP contribution in [0.5, 0.6) is 0 Å². The van der Waals surface area contributed by atoms with E-state index in [-0.39, 0.29) is 17.5 Å². The summed E-state index contributed by atoms with van der Waals surface area (Å²) in [5.41, 5.74) is 1.03. The third kappa shape index (κ3) is 1.90. The standard InChI is InChI=1S/C12H13FN2O2S/c13-8-1-2-11-10(7-8)14-12(16)15(11)9-3-5-18(17)6-4-9/h1-2,7,9H,3-6H2,(H,14,16). The van der Waals surface area contributed by atoms with Crippen molar-refractivity contribution in [1.29, 1.82) is 0 Å². The molecule has 1 saturated heterocycles. The van der Waals surface area contributed by atoms with Crippen LogP contribution in [0.4, 0.5) is 4.39 Å². The van der Waals surface area contributed by atoms with Gasteiger partial charge in [0.1, 0.15) is 5.82 Å². The highest BCUT2D eigenvalue weighted by molar-refractivity contribution is 7.85. The molecule has 18 heavy (non-hydrogen) atoms. The van der Waals surface area contributed by atoms with Gasteiger partial charge in [-0.1, -0.05) is 0 Å². The third-order valence-electron chi connectivity index (χ3n) is 3.40. The number of rotatable bonds is 1. The first-order valence-electron chi connectivity index (χ1n) is 5.90. The van der Waals surface area contributed by atoms with Gasteiger partial charge in [0, 0.05) is 28.3 Å². The van der Waals surface area contributed by atoms with Crippen LogP contribution in [0.2, 0.25) is 0 Å². The Morgan fingerprint density at radius 1 is 1.33 bits per heavy atom. The number of nitrogens with zero attached hydrogens (tertiary/aromatic N) is 1. The quantitative estimate of drug-likeness (QED) is 0.853. The van der Waals surface area contributed by atoms with Crippen molar-refractivity contribution in [3.8, 4) is 0 Å². The van der Waals surface area contributed by atoms with E-state index in [4.69, 9.17) is 0 Å². The third-order valence-corrected chi connectivity index (χ3v) is 4.78. The Balaban J connectivity index is 2.08. The molecule has 2 aromatic rings. The second kappa shape index (κ2) is 4.35. The fourth-order valence-electron chi connectivity index (χ4n) is 2.51. The lowest BCUT2D eigenvalue weighted by Crippen LogP contribution is -2.28. The summed E-state index contributed by atoms with van der Waals surface area (Å²) in [6, 6.07) is 4.37. The molecule has 3 rings (SSSR count). The smallest absolute Gasteiger partial charge is 0.305 e. The molecule has 0 bridgehead atoms. The van der Waals surface area contributed by atoms with E-state index >= 15 is 0 Å². The Bertz CT molecular complexity index is 666. The Morgan fingerprint density at radius 2 is 2.06 bits per heavy atom. The van der Waals surface area contributed by atoms with Crippen molar-refractivity contribution in [1.82, 2.24) is 9.55 Å². The van der Waals surface area contributed by atoms with E-state index in [2.05, 4.69) is 4.98 Å². The van der Waals surface area contributed by atoms with Gasteiger partial charge in [0.2, 0.25) is 0 Å². The van der Waals surface area contributed by atoms with E-state index in [1.54, 1.807) is 10.6 Å². The minimum absolute atomic E-state index is 0.0643. The van der Waals surface area contributed by atoms with Gasteiger partial charge in [0.15, 0.2) is 0 Å². The van der Waals surface area contributed by atoms with Crippen molar-refractivity contribution in [3.05, 3.63) is 34.5 Å². The molecule has 1 aliphatic heterocycles. The minimum atomic E-state index is -0.752. The van der Waals surface area contributed by atoms with Crippen LogP contribution in [-0.4, -0.2) is 25.3 Å². The van der Waals surface area contributed by atoms with Crippen molar-refractivity contribution >= 4 is 21.8 Å². The van der Waals surface area contributed by atoms with Crippen LogP contribution in [-0.2, 0) is 10.8 Å². The number of nitrogens with one attached hydrogen (secondary N) is 1. The first-order valence-corrected chi connectivity index (χ1v) is 7.39. The molecule has 0 aliphatic carbocycles. The monoisotopic (exact) mass is 268 g/mol. The number of H-pyrrole nitrogens is 1. The highest BCUT2D eigenvalue weighted by Crippen LogP contribution is 2.24. The Hall–Kier alpha value is -1.43. The summed E-state index contributed by atoms with van der Waals surface area (Å²) in [7, 11) is -0.752. The van der Waals surface area contributed by atoms with Gasteiger partial charge in [0.05, 0.1) is 11.0 Å². The van der Waals surface area contributed by atoms with Gasteiger partial charge < -0.3 is 4.98 Å². The van der Waals surface area contributed by atoms with Gasteiger partial charge in [-0.2, -0.15) is 0 Å². The van der Waals surface area contributed by atoms with Gasteiger partial charge in [0.25, 0.3) is 0 Å². The lowest BCUT2D eigenvalue weighted by atomic mass is 10.1. The number of halogens is 1. The lowest BCUT2D eigenvalue weighted by molar-refractivity contribution is 0.462. The van der Waals surface area contributed by atoms with Gasteiger partial charge in [-0.25, -0.2) is 9.18 Å². The predicted molar refractivity (Wildman–Crippen MR) is 68.7 cm³/mol. The average molecular weight is 268 g/mol. The maximum absolute atomic E-state index is 13.1. The van der Waals surface area contributed by atoms with E-state index in [1.807, 2.05) is 0 Å². The topological polar surface area (TPSA) is 54.9 Å². The molecule has 0 unspecified atom stereocenters. The second-order valence-electron chi connectivity index (χ2n) is 4.54. The molecule has 2 heterocycles. The largest absolute Gasteiger partial charge is 0.326 e. The van der Waals surface area contributed by atoms with Crippen molar-refractivity contribution < 1.29 is 8.60 Å². The van der Waals surface area contributed by atoms with Gasteiger partial charge in [-0.15, -0.1) is 0 Å². The molecule has 6 heteroatoms. The summed E-state index contributed by atoms with van der Waals surface area (Å²) >= 11 is 0.